The molecule has 0 saturated carbocycles. The smallest absolute Gasteiger partial charge is 0.223 e. The number of carbonyl (C=O) groups excluding carboxylic acids is 1. The molecule has 0 spiro atoms. The molecule has 2 aliphatic rings. The number of benzene rings is 2. The van der Waals surface area contributed by atoms with Crippen molar-refractivity contribution in [3.8, 4) is 0 Å². The van der Waals surface area contributed by atoms with Gasteiger partial charge in [-0.25, -0.2) is 4.39 Å². The fourth-order valence-electron chi connectivity index (χ4n) is 4.11. The van der Waals surface area contributed by atoms with E-state index >= 15 is 0 Å². The van der Waals surface area contributed by atoms with Crippen molar-refractivity contribution in [1.82, 2.24) is 5.32 Å². The molecule has 25 heavy (non-hydrogen) atoms. The molecule has 2 aromatic rings. The number of anilines is 1. The summed E-state index contributed by atoms with van der Waals surface area (Å²) in [5.74, 6) is -0.197. The highest BCUT2D eigenvalue weighted by Crippen LogP contribution is 2.52. The number of nitrogens with one attached hydrogen (secondary N) is 1. The summed E-state index contributed by atoms with van der Waals surface area (Å²) < 4.78 is 13.2. The number of carbonyl (C=O) groups is 1. The molecule has 2 aromatic carbocycles. The van der Waals surface area contributed by atoms with E-state index in [0.29, 0.717) is 13.0 Å². The summed E-state index contributed by atoms with van der Waals surface area (Å²) >= 11 is 0. The number of rotatable bonds is 2. The highest BCUT2D eigenvalue weighted by Gasteiger charge is 2.57. The van der Waals surface area contributed by atoms with E-state index in [1.807, 2.05) is 18.2 Å². The summed E-state index contributed by atoms with van der Waals surface area (Å²) in [6.07, 6.45) is 4.50. The first-order valence-corrected chi connectivity index (χ1v) is 8.57. The zero-order valence-electron chi connectivity index (χ0n) is 14.4. The molecule has 0 radical (unpaired) electrons. The molecule has 1 saturated heterocycles. The van der Waals surface area contributed by atoms with E-state index in [0.717, 1.165) is 11.3 Å². The maximum Gasteiger partial charge on any atom is 0.223 e. The van der Waals surface area contributed by atoms with Crippen molar-refractivity contribution in [3.05, 3.63) is 71.6 Å². The normalized spacial score (nSPS) is 24.1. The van der Waals surface area contributed by atoms with Gasteiger partial charge in [0, 0.05) is 24.1 Å². The second-order valence-corrected chi connectivity index (χ2v) is 7.24. The molecule has 0 unspecified atom stereocenters. The van der Waals surface area contributed by atoms with Crippen LogP contribution in [0.25, 0.3) is 6.08 Å². The minimum Gasteiger partial charge on any atom is -0.344 e. The first-order chi connectivity index (χ1) is 11.9. The Labute approximate surface area is 147 Å². The number of hydrogen-bond donors (Lipinski definition) is 1. The third kappa shape index (κ3) is 2.28. The van der Waals surface area contributed by atoms with Gasteiger partial charge in [0.15, 0.2) is 0 Å². The third-order valence-corrected chi connectivity index (χ3v) is 5.53. The van der Waals surface area contributed by atoms with Crippen molar-refractivity contribution in [2.45, 2.75) is 31.3 Å². The topological polar surface area (TPSA) is 32.3 Å². The van der Waals surface area contributed by atoms with Crippen LogP contribution in [-0.4, -0.2) is 18.1 Å². The summed E-state index contributed by atoms with van der Waals surface area (Å²) in [6, 6.07) is 14.7. The highest BCUT2D eigenvalue weighted by molar-refractivity contribution is 5.84. The maximum absolute atomic E-state index is 13.2. The largest absolute Gasteiger partial charge is 0.344 e. The van der Waals surface area contributed by atoms with Crippen LogP contribution in [0.15, 0.2) is 54.6 Å². The molecular weight excluding hydrogens is 315 g/mol. The van der Waals surface area contributed by atoms with E-state index in [1.54, 1.807) is 12.1 Å². The quantitative estimate of drug-likeness (QED) is 0.903. The monoisotopic (exact) mass is 336 g/mol. The van der Waals surface area contributed by atoms with Crippen molar-refractivity contribution >= 4 is 17.7 Å². The van der Waals surface area contributed by atoms with Crippen LogP contribution in [0.5, 0.6) is 0 Å². The van der Waals surface area contributed by atoms with Gasteiger partial charge in [-0.05, 0) is 35.4 Å². The van der Waals surface area contributed by atoms with Gasteiger partial charge in [0.25, 0.3) is 0 Å². The summed E-state index contributed by atoms with van der Waals surface area (Å²) in [5.41, 5.74) is 2.37. The van der Waals surface area contributed by atoms with Gasteiger partial charge in [0.1, 0.15) is 11.5 Å². The van der Waals surface area contributed by atoms with E-state index in [4.69, 9.17) is 0 Å². The SMILES string of the molecule is CC1(C)c2ccccc2N2CCC(=O)N[C@@]21/C=C/c1ccc(F)cc1. The van der Waals surface area contributed by atoms with Crippen LogP contribution in [0, 0.1) is 5.82 Å². The lowest BCUT2D eigenvalue weighted by Crippen LogP contribution is -2.68. The van der Waals surface area contributed by atoms with Crippen molar-refractivity contribution in [2.75, 3.05) is 11.4 Å². The lowest BCUT2D eigenvalue weighted by atomic mass is 9.74. The number of hydrogen-bond acceptors (Lipinski definition) is 2. The molecular formula is C21H21FN2O. The van der Waals surface area contributed by atoms with Gasteiger partial charge >= 0.3 is 0 Å². The van der Waals surface area contributed by atoms with Crippen molar-refractivity contribution in [1.29, 1.82) is 0 Å². The molecule has 1 N–H and O–H groups in total. The zero-order chi connectivity index (χ0) is 17.7. The molecule has 2 heterocycles. The predicted molar refractivity (Wildman–Crippen MR) is 97.7 cm³/mol. The molecule has 2 aliphatic heterocycles. The third-order valence-electron chi connectivity index (χ3n) is 5.53. The van der Waals surface area contributed by atoms with Crippen LogP contribution in [0.3, 0.4) is 0 Å². The molecule has 1 fully saturated rings. The van der Waals surface area contributed by atoms with Gasteiger partial charge in [-0.2, -0.15) is 0 Å². The number of halogens is 1. The molecule has 0 aromatic heterocycles. The Morgan fingerprint density at radius 2 is 1.84 bits per heavy atom. The number of amides is 1. The van der Waals surface area contributed by atoms with Crippen molar-refractivity contribution < 1.29 is 9.18 Å². The average molecular weight is 336 g/mol. The summed E-state index contributed by atoms with van der Waals surface area (Å²) in [4.78, 5) is 14.6. The van der Waals surface area contributed by atoms with Crippen molar-refractivity contribution in [3.63, 3.8) is 0 Å². The molecule has 1 amide bonds. The Kier molecular flexibility index (Phi) is 3.46. The molecule has 4 rings (SSSR count). The number of para-hydroxylation sites is 1. The van der Waals surface area contributed by atoms with Gasteiger partial charge in [0.2, 0.25) is 5.91 Å². The van der Waals surface area contributed by atoms with Crippen LogP contribution in [0.2, 0.25) is 0 Å². The highest BCUT2D eigenvalue weighted by atomic mass is 19.1. The van der Waals surface area contributed by atoms with Crippen LogP contribution in [-0.2, 0) is 10.2 Å². The molecule has 3 nitrogen and oxygen atoms in total. The summed E-state index contributed by atoms with van der Waals surface area (Å²) in [6.45, 7) is 5.00. The minimum atomic E-state index is -0.625. The molecule has 1 atom stereocenters. The Morgan fingerprint density at radius 1 is 1.12 bits per heavy atom. The van der Waals surface area contributed by atoms with Gasteiger partial charge in [-0.15, -0.1) is 0 Å². The Balaban J connectivity index is 1.83. The van der Waals surface area contributed by atoms with Gasteiger partial charge in [-0.3, -0.25) is 4.79 Å². The average Bonchev–Trinajstić information content (AvgIpc) is 2.79. The van der Waals surface area contributed by atoms with Crippen LogP contribution in [0.1, 0.15) is 31.4 Å². The van der Waals surface area contributed by atoms with Crippen molar-refractivity contribution in [2.24, 2.45) is 0 Å². The molecule has 0 aliphatic carbocycles. The fourth-order valence-corrected chi connectivity index (χ4v) is 4.11. The second-order valence-electron chi connectivity index (χ2n) is 7.24. The standard InChI is InChI=1S/C21H21FN2O/c1-20(2)17-5-3-4-6-18(17)24-14-12-19(25)23-21(20,24)13-11-15-7-9-16(22)10-8-15/h3-11,13H,12,14H2,1-2H3,(H,23,25)/b13-11+/t21-/m0/s1. The second kappa shape index (κ2) is 5.45. The van der Waals surface area contributed by atoms with Gasteiger partial charge in [-0.1, -0.05) is 50.3 Å². The summed E-state index contributed by atoms with van der Waals surface area (Å²) in [7, 11) is 0. The lowest BCUT2D eigenvalue weighted by Gasteiger charge is -2.49. The Hall–Kier alpha value is -2.62. The van der Waals surface area contributed by atoms with Crippen LogP contribution < -0.4 is 10.2 Å². The van der Waals surface area contributed by atoms with E-state index in [-0.39, 0.29) is 17.1 Å². The number of fused-ring (bicyclic) bond motifs is 3. The number of nitrogens with zero attached hydrogens (tertiary/aromatic N) is 1. The maximum atomic E-state index is 13.2. The van der Waals surface area contributed by atoms with E-state index in [2.05, 4.69) is 42.3 Å². The first kappa shape index (κ1) is 15.9. The van der Waals surface area contributed by atoms with E-state index in [1.165, 1.54) is 17.7 Å². The molecule has 4 heteroatoms. The first-order valence-electron chi connectivity index (χ1n) is 8.57. The van der Waals surface area contributed by atoms with Gasteiger partial charge in [0.05, 0.1) is 0 Å². The molecule has 0 bridgehead atoms. The van der Waals surface area contributed by atoms with E-state index < -0.39 is 5.66 Å². The summed E-state index contributed by atoms with van der Waals surface area (Å²) in [5, 5.41) is 3.24. The van der Waals surface area contributed by atoms with Crippen LogP contribution in [0.4, 0.5) is 10.1 Å². The van der Waals surface area contributed by atoms with Crippen LogP contribution >= 0.6 is 0 Å². The lowest BCUT2D eigenvalue weighted by molar-refractivity contribution is -0.124. The zero-order valence-corrected chi connectivity index (χ0v) is 14.4. The predicted octanol–water partition coefficient (Wildman–Crippen LogP) is 3.85. The van der Waals surface area contributed by atoms with E-state index in [9.17, 15) is 9.18 Å². The Bertz CT molecular complexity index is 856. The molecule has 128 valence electrons. The fraction of sp³-hybridized carbons (Fsp3) is 0.286. The van der Waals surface area contributed by atoms with Gasteiger partial charge < -0.3 is 10.2 Å². The Morgan fingerprint density at radius 3 is 2.60 bits per heavy atom. The minimum absolute atomic E-state index is 0.0564.